The Bertz CT molecular complexity index is 117. The molecule has 0 amide bonds. The van der Waals surface area contributed by atoms with E-state index >= 15 is 0 Å². The van der Waals surface area contributed by atoms with Crippen molar-refractivity contribution < 1.29 is 0 Å². The highest BCUT2D eigenvalue weighted by atomic mass is 14.5. The largest absolute Gasteiger partial charge is 0.0651 e. The van der Waals surface area contributed by atoms with Crippen molar-refractivity contribution in [3.63, 3.8) is 0 Å². The predicted octanol–water partition coefficient (Wildman–Crippen LogP) is 3.47. The minimum absolute atomic E-state index is 0.689. The lowest BCUT2D eigenvalue weighted by molar-refractivity contribution is 0.00386. The summed E-state index contributed by atoms with van der Waals surface area (Å²) in [6.45, 7) is 9.56. The van der Waals surface area contributed by atoms with E-state index in [9.17, 15) is 0 Å². The van der Waals surface area contributed by atoms with E-state index in [0.29, 0.717) is 5.41 Å². The first-order valence-corrected chi connectivity index (χ1v) is 4.61. The zero-order valence-electron chi connectivity index (χ0n) is 7.78. The van der Waals surface area contributed by atoms with E-state index in [1.807, 2.05) is 0 Å². The van der Waals surface area contributed by atoms with Crippen LogP contribution >= 0.6 is 0 Å². The maximum atomic E-state index is 2.45. The molecule has 0 aromatic heterocycles. The molecule has 0 bridgehead atoms. The second-order valence-corrected chi connectivity index (χ2v) is 4.25. The predicted molar refractivity (Wildman–Crippen MR) is 46.0 cm³/mol. The highest BCUT2D eigenvalue weighted by Crippen LogP contribution is 2.52. The highest BCUT2D eigenvalue weighted by Gasteiger charge is 2.42. The maximum absolute atomic E-state index is 2.45. The van der Waals surface area contributed by atoms with Gasteiger partial charge in [0, 0.05) is 0 Å². The van der Waals surface area contributed by atoms with Crippen molar-refractivity contribution in [3.8, 4) is 0 Å². The first kappa shape index (κ1) is 8.10. The van der Waals surface area contributed by atoms with Crippen molar-refractivity contribution in [1.29, 1.82) is 0 Å². The van der Waals surface area contributed by atoms with Gasteiger partial charge in [0.25, 0.3) is 0 Å². The molecule has 1 fully saturated rings. The number of hydrogen-bond donors (Lipinski definition) is 0. The summed E-state index contributed by atoms with van der Waals surface area (Å²) in [6, 6.07) is 0. The van der Waals surface area contributed by atoms with Crippen LogP contribution in [0, 0.1) is 17.3 Å². The lowest BCUT2D eigenvalue weighted by Gasteiger charge is -2.50. The van der Waals surface area contributed by atoms with E-state index in [1.165, 1.54) is 19.3 Å². The fourth-order valence-electron chi connectivity index (χ4n) is 2.09. The fourth-order valence-corrected chi connectivity index (χ4v) is 2.09. The molecule has 1 saturated carbocycles. The third-order valence-corrected chi connectivity index (χ3v) is 3.98. The molecule has 60 valence electrons. The highest BCUT2D eigenvalue weighted by molar-refractivity contribution is 4.92. The van der Waals surface area contributed by atoms with Gasteiger partial charge < -0.3 is 0 Å². The monoisotopic (exact) mass is 140 g/mol. The zero-order valence-corrected chi connectivity index (χ0v) is 7.78. The molecular weight excluding hydrogens is 120 g/mol. The molecule has 0 heteroatoms. The topological polar surface area (TPSA) is 0 Å². The van der Waals surface area contributed by atoms with Gasteiger partial charge in [-0.1, -0.05) is 34.1 Å². The van der Waals surface area contributed by atoms with E-state index in [4.69, 9.17) is 0 Å². The van der Waals surface area contributed by atoms with Gasteiger partial charge in [0.05, 0.1) is 0 Å². The smallest absolute Gasteiger partial charge is 0.0274 e. The summed E-state index contributed by atoms with van der Waals surface area (Å²) in [5.41, 5.74) is 0.689. The van der Waals surface area contributed by atoms with Crippen molar-refractivity contribution in [2.75, 3.05) is 0 Å². The van der Waals surface area contributed by atoms with Crippen LogP contribution in [0.4, 0.5) is 0 Å². The van der Waals surface area contributed by atoms with Crippen LogP contribution in [-0.4, -0.2) is 0 Å². The summed E-state index contributed by atoms with van der Waals surface area (Å²) >= 11 is 0. The summed E-state index contributed by atoms with van der Waals surface area (Å²) in [6.07, 6.45) is 4.27. The van der Waals surface area contributed by atoms with Crippen LogP contribution in [0.15, 0.2) is 0 Å². The molecule has 1 aliphatic rings. The Labute approximate surface area is 65.0 Å². The van der Waals surface area contributed by atoms with Crippen molar-refractivity contribution in [3.05, 3.63) is 0 Å². The third kappa shape index (κ3) is 0.980. The van der Waals surface area contributed by atoms with E-state index in [-0.39, 0.29) is 0 Å². The van der Waals surface area contributed by atoms with Crippen LogP contribution in [0.25, 0.3) is 0 Å². The Morgan fingerprint density at radius 2 is 2.20 bits per heavy atom. The van der Waals surface area contributed by atoms with Crippen molar-refractivity contribution in [2.45, 2.75) is 47.0 Å². The average molecular weight is 140 g/mol. The van der Waals surface area contributed by atoms with Crippen molar-refractivity contribution in [2.24, 2.45) is 17.3 Å². The van der Waals surface area contributed by atoms with Crippen molar-refractivity contribution >= 4 is 0 Å². The van der Waals surface area contributed by atoms with Crippen LogP contribution in [0.5, 0.6) is 0 Å². The summed E-state index contributed by atoms with van der Waals surface area (Å²) in [4.78, 5) is 0. The van der Waals surface area contributed by atoms with Gasteiger partial charge >= 0.3 is 0 Å². The lowest BCUT2D eigenvalue weighted by Crippen LogP contribution is -2.40. The van der Waals surface area contributed by atoms with Crippen LogP contribution in [0.3, 0.4) is 0 Å². The summed E-state index contributed by atoms with van der Waals surface area (Å²) < 4.78 is 0. The van der Waals surface area contributed by atoms with Gasteiger partial charge in [-0.05, 0) is 30.1 Å². The Morgan fingerprint density at radius 1 is 1.60 bits per heavy atom. The SMILES string of the molecule is CCC(C)C1(C)CCC1C. The first-order chi connectivity index (χ1) is 4.61. The lowest BCUT2D eigenvalue weighted by atomic mass is 9.56. The molecule has 0 aliphatic heterocycles. The number of rotatable bonds is 2. The average Bonchev–Trinajstić information content (AvgIpc) is 1.98. The van der Waals surface area contributed by atoms with Crippen molar-refractivity contribution in [1.82, 2.24) is 0 Å². The molecule has 0 heterocycles. The molecule has 3 atom stereocenters. The van der Waals surface area contributed by atoms with Crippen LogP contribution in [0.2, 0.25) is 0 Å². The van der Waals surface area contributed by atoms with Gasteiger partial charge in [0.15, 0.2) is 0 Å². The van der Waals surface area contributed by atoms with E-state index in [0.717, 1.165) is 11.8 Å². The quantitative estimate of drug-likeness (QED) is 0.551. The van der Waals surface area contributed by atoms with Crippen LogP contribution in [-0.2, 0) is 0 Å². The molecule has 1 aliphatic carbocycles. The maximum Gasteiger partial charge on any atom is -0.0274 e. The minimum Gasteiger partial charge on any atom is -0.0651 e. The van der Waals surface area contributed by atoms with E-state index < -0.39 is 0 Å². The summed E-state index contributed by atoms with van der Waals surface area (Å²) in [7, 11) is 0. The molecule has 3 unspecified atom stereocenters. The summed E-state index contributed by atoms with van der Waals surface area (Å²) in [5.74, 6) is 1.90. The van der Waals surface area contributed by atoms with Gasteiger partial charge in [0.1, 0.15) is 0 Å². The first-order valence-electron chi connectivity index (χ1n) is 4.61. The Morgan fingerprint density at radius 3 is 2.30 bits per heavy atom. The Kier molecular flexibility index (Phi) is 2.07. The fraction of sp³-hybridized carbons (Fsp3) is 1.00. The van der Waals surface area contributed by atoms with E-state index in [2.05, 4.69) is 27.7 Å². The molecule has 0 radical (unpaired) electrons. The molecule has 0 aromatic rings. The van der Waals surface area contributed by atoms with Gasteiger partial charge in [-0.25, -0.2) is 0 Å². The Hall–Kier alpha value is 0. The second-order valence-electron chi connectivity index (χ2n) is 4.25. The molecule has 0 N–H and O–H groups in total. The normalized spacial score (nSPS) is 42.6. The standard InChI is InChI=1S/C10H20/c1-5-8(2)10(4)7-6-9(10)3/h8-9H,5-7H2,1-4H3. The third-order valence-electron chi connectivity index (χ3n) is 3.98. The van der Waals surface area contributed by atoms with Gasteiger partial charge in [0.2, 0.25) is 0 Å². The van der Waals surface area contributed by atoms with Crippen LogP contribution < -0.4 is 0 Å². The molecule has 0 spiro atoms. The Balaban J connectivity index is 2.51. The second kappa shape index (κ2) is 2.56. The van der Waals surface area contributed by atoms with E-state index in [1.54, 1.807) is 0 Å². The molecule has 1 rings (SSSR count). The molecular formula is C10H20. The molecule has 10 heavy (non-hydrogen) atoms. The van der Waals surface area contributed by atoms with Crippen LogP contribution in [0.1, 0.15) is 47.0 Å². The minimum atomic E-state index is 0.689. The summed E-state index contributed by atoms with van der Waals surface area (Å²) in [5, 5.41) is 0. The molecule has 0 nitrogen and oxygen atoms in total. The number of hydrogen-bond acceptors (Lipinski definition) is 0. The van der Waals surface area contributed by atoms with Gasteiger partial charge in [-0.2, -0.15) is 0 Å². The molecule has 0 saturated heterocycles. The van der Waals surface area contributed by atoms with Gasteiger partial charge in [-0.15, -0.1) is 0 Å². The molecule has 0 aromatic carbocycles. The van der Waals surface area contributed by atoms with Gasteiger partial charge in [-0.3, -0.25) is 0 Å². The zero-order chi connectivity index (χ0) is 7.78.